The molecular formula is C14H17BrN2O. The molecule has 1 atom stereocenters. The zero-order chi connectivity index (χ0) is 13.1. The smallest absolute Gasteiger partial charge is 0.0997 e. The first kappa shape index (κ1) is 13.3. The molecular weight excluding hydrogens is 292 g/mol. The number of hydrogen-bond acceptors (Lipinski definition) is 2. The number of hydrogen-bond donors (Lipinski definition) is 1. The first-order chi connectivity index (χ1) is 8.61. The molecule has 1 N–H and O–H groups in total. The van der Waals surface area contributed by atoms with E-state index in [4.69, 9.17) is 0 Å². The molecule has 0 saturated heterocycles. The zero-order valence-corrected chi connectivity index (χ0v) is 12.2. The van der Waals surface area contributed by atoms with Crippen molar-refractivity contribution < 1.29 is 5.11 Å². The van der Waals surface area contributed by atoms with Gasteiger partial charge in [0.25, 0.3) is 0 Å². The van der Waals surface area contributed by atoms with E-state index in [0.29, 0.717) is 6.42 Å². The third kappa shape index (κ3) is 2.82. The molecule has 96 valence electrons. The van der Waals surface area contributed by atoms with E-state index in [0.717, 1.165) is 28.0 Å². The van der Waals surface area contributed by atoms with E-state index in [1.807, 2.05) is 48.9 Å². The van der Waals surface area contributed by atoms with Crippen molar-refractivity contribution in [3.8, 4) is 0 Å². The van der Waals surface area contributed by atoms with Crippen LogP contribution in [0.15, 0.2) is 34.8 Å². The van der Waals surface area contributed by atoms with Crippen LogP contribution in [-0.2, 0) is 13.0 Å². The summed E-state index contributed by atoms with van der Waals surface area (Å²) in [6.45, 7) is 4.75. The molecule has 18 heavy (non-hydrogen) atoms. The Hall–Kier alpha value is -1.13. The number of rotatable bonds is 4. The van der Waals surface area contributed by atoms with Crippen LogP contribution in [0.3, 0.4) is 0 Å². The fraction of sp³-hybridized carbons (Fsp3) is 0.357. The number of aryl methyl sites for hydroxylation is 2. The second-order valence-electron chi connectivity index (χ2n) is 4.34. The van der Waals surface area contributed by atoms with Crippen molar-refractivity contribution in [2.75, 3.05) is 0 Å². The lowest BCUT2D eigenvalue weighted by Gasteiger charge is -2.13. The molecule has 0 spiro atoms. The van der Waals surface area contributed by atoms with Crippen molar-refractivity contribution in [3.05, 3.63) is 51.8 Å². The van der Waals surface area contributed by atoms with Crippen molar-refractivity contribution >= 4 is 15.9 Å². The molecule has 1 unspecified atom stereocenters. The summed E-state index contributed by atoms with van der Waals surface area (Å²) >= 11 is 3.50. The highest BCUT2D eigenvalue weighted by molar-refractivity contribution is 9.10. The van der Waals surface area contributed by atoms with Crippen LogP contribution in [0.4, 0.5) is 0 Å². The minimum Gasteiger partial charge on any atom is -0.386 e. The number of nitrogens with zero attached hydrogens (tertiary/aromatic N) is 2. The predicted molar refractivity (Wildman–Crippen MR) is 75.4 cm³/mol. The summed E-state index contributed by atoms with van der Waals surface area (Å²) in [5.41, 5.74) is 2.93. The standard InChI is InChI=1S/C14H17BrN2O/c1-3-17-13(8-10(2)16-17)14(18)9-11-6-4-5-7-12(11)15/h4-8,14,18H,3,9H2,1-2H3. The number of aromatic nitrogens is 2. The van der Waals surface area contributed by atoms with E-state index in [-0.39, 0.29) is 0 Å². The van der Waals surface area contributed by atoms with Gasteiger partial charge in [-0.1, -0.05) is 34.1 Å². The molecule has 1 heterocycles. The lowest BCUT2D eigenvalue weighted by atomic mass is 10.1. The van der Waals surface area contributed by atoms with Crippen molar-refractivity contribution in [3.63, 3.8) is 0 Å². The maximum atomic E-state index is 10.3. The van der Waals surface area contributed by atoms with Gasteiger partial charge in [-0.2, -0.15) is 5.10 Å². The van der Waals surface area contributed by atoms with Crippen LogP contribution < -0.4 is 0 Å². The van der Waals surface area contributed by atoms with Gasteiger partial charge in [0.15, 0.2) is 0 Å². The summed E-state index contributed by atoms with van der Waals surface area (Å²) in [4.78, 5) is 0. The Morgan fingerprint density at radius 1 is 1.39 bits per heavy atom. The van der Waals surface area contributed by atoms with Gasteiger partial charge in [-0.3, -0.25) is 4.68 Å². The van der Waals surface area contributed by atoms with E-state index in [2.05, 4.69) is 21.0 Å². The fourth-order valence-electron chi connectivity index (χ4n) is 2.06. The summed E-state index contributed by atoms with van der Waals surface area (Å²) in [5.74, 6) is 0. The van der Waals surface area contributed by atoms with Gasteiger partial charge in [-0.25, -0.2) is 0 Å². The van der Waals surface area contributed by atoms with E-state index >= 15 is 0 Å². The second kappa shape index (κ2) is 5.67. The zero-order valence-electron chi connectivity index (χ0n) is 10.6. The monoisotopic (exact) mass is 308 g/mol. The minimum absolute atomic E-state index is 0.523. The third-order valence-electron chi connectivity index (χ3n) is 2.95. The third-order valence-corrected chi connectivity index (χ3v) is 3.72. The van der Waals surface area contributed by atoms with Gasteiger partial charge in [-0.05, 0) is 31.5 Å². The summed E-state index contributed by atoms with van der Waals surface area (Å²) in [6.07, 6.45) is 0.0666. The van der Waals surface area contributed by atoms with E-state index in [1.54, 1.807) is 0 Å². The van der Waals surface area contributed by atoms with E-state index in [9.17, 15) is 5.11 Å². The molecule has 3 nitrogen and oxygen atoms in total. The summed E-state index contributed by atoms with van der Waals surface area (Å²) < 4.78 is 2.89. The Morgan fingerprint density at radius 3 is 2.78 bits per heavy atom. The summed E-state index contributed by atoms with van der Waals surface area (Å²) in [5, 5.41) is 14.7. The van der Waals surface area contributed by atoms with E-state index in [1.165, 1.54) is 0 Å². The van der Waals surface area contributed by atoms with Gasteiger partial charge in [0.1, 0.15) is 0 Å². The van der Waals surface area contributed by atoms with E-state index < -0.39 is 6.10 Å². The van der Waals surface area contributed by atoms with Crippen molar-refractivity contribution in [1.82, 2.24) is 9.78 Å². The molecule has 2 rings (SSSR count). The van der Waals surface area contributed by atoms with Crippen LogP contribution in [0.25, 0.3) is 0 Å². The van der Waals surface area contributed by atoms with Gasteiger partial charge in [0, 0.05) is 17.4 Å². The maximum Gasteiger partial charge on any atom is 0.0997 e. The molecule has 0 aliphatic carbocycles. The Kier molecular flexibility index (Phi) is 4.19. The van der Waals surface area contributed by atoms with Crippen LogP contribution in [-0.4, -0.2) is 14.9 Å². The first-order valence-corrected chi connectivity index (χ1v) is 6.87. The van der Waals surface area contributed by atoms with Crippen LogP contribution >= 0.6 is 15.9 Å². The van der Waals surface area contributed by atoms with Crippen LogP contribution in [0.5, 0.6) is 0 Å². The topological polar surface area (TPSA) is 38.0 Å². The highest BCUT2D eigenvalue weighted by Crippen LogP contribution is 2.24. The minimum atomic E-state index is -0.523. The number of aliphatic hydroxyl groups excluding tert-OH is 1. The molecule has 0 radical (unpaired) electrons. The highest BCUT2D eigenvalue weighted by atomic mass is 79.9. The van der Waals surface area contributed by atoms with Gasteiger partial charge < -0.3 is 5.11 Å². The molecule has 0 fully saturated rings. The second-order valence-corrected chi connectivity index (χ2v) is 5.19. The fourth-order valence-corrected chi connectivity index (χ4v) is 2.51. The molecule has 0 aliphatic heterocycles. The molecule has 1 aromatic heterocycles. The largest absolute Gasteiger partial charge is 0.386 e. The Balaban J connectivity index is 2.21. The molecule has 0 amide bonds. The Bertz CT molecular complexity index is 536. The van der Waals surface area contributed by atoms with Crippen molar-refractivity contribution in [2.45, 2.75) is 32.9 Å². The maximum absolute atomic E-state index is 10.3. The molecule has 1 aromatic carbocycles. The summed E-state index contributed by atoms with van der Waals surface area (Å²) in [7, 11) is 0. The lowest BCUT2D eigenvalue weighted by molar-refractivity contribution is 0.167. The number of halogens is 1. The van der Waals surface area contributed by atoms with Crippen LogP contribution in [0.2, 0.25) is 0 Å². The number of benzene rings is 1. The van der Waals surface area contributed by atoms with Crippen molar-refractivity contribution in [2.24, 2.45) is 0 Å². The SMILES string of the molecule is CCn1nc(C)cc1C(O)Cc1ccccc1Br. The molecule has 2 aromatic rings. The van der Waals surface area contributed by atoms with Gasteiger partial charge in [0.2, 0.25) is 0 Å². The Labute approximate surface area is 116 Å². The molecule has 0 bridgehead atoms. The van der Waals surface area contributed by atoms with Crippen LogP contribution in [0, 0.1) is 6.92 Å². The number of aliphatic hydroxyl groups is 1. The predicted octanol–water partition coefficient (Wildman–Crippen LogP) is 3.25. The average Bonchev–Trinajstić information content (AvgIpc) is 2.73. The van der Waals surface area contributed by atoms with Gasteiger partial charge >= 0.3 is 0 Å². The quantitative estimate of drug-likeness (QED) is 0.941. The van der Waals surface area contributed by atoms with Crippen LogP contribution in [0.1, 0.15) is 30.0 Å². The molecule has 4 heteroatoms. The van der Waals surface area contributed by atoms with Crippen molar-refractivity contribution in [1.29, 1.82) is 0 Å². The molecule has 0 aliphatic rings. The lowest BCUT2D eigenvalue weighted by Crippen LogP contribution is -2.10. The van der Waals surface area contributed by atoms with Gasteiger partial charge in [0.05, 0.1) is 17.5 Å². The average molecular weight is 309 g/mol. The van der Waals surface area contributed by atoms with Gasteiger partial charge in [-0.15, -0.1) is 0 Å². The Morgan fingerprint density at radius 2 is 2.11 bits per heavy atom. The summed E-state index contributed by atoms with van der Waals surface area (Å²) in [6, 6.07) is 9.91. The first-order valence-electron chi connectivity index (χ1n) is 6.07. The normalized spacial score (nSPS) is 12.7. The molecule has 0 saturated carbocycles. The highest BCUT2D eigenvalue weighted by Gasteiger charge is 2.15.